The number of imide groups is 1. The molecule has 10 nitrogen and oxygen atoms in total. The van der Waals surface area contributed by atoms with E-state index in [0.29, 0.717) is 24.9 Å². The van der Waals surface area contributed by atoms with Gasteiger partial charge in [0, 0.05) is 50.1 Å². The Morgan fingerprint density at radius 1 is 1.12 bits per heavy atom. The first-order chi connectivity index (χ1) is 19.8. The summed E-state index contributed by atoms with van der Waals surface area (Å²) in [6.45, 7) is 1.11. The van der Waals surface area contributed by atoms with Crippen LogP contribution in [-0.4, -0.2) is 76.8 Å². The molecule has 41 heavy (non-hydrogen) atoms. The number of nitrogens with zero attached hydrogens (tertiary/aromatic N) is 3. The van der Waals surface area contributed by atoms with Crippen LogP contribution in [0.25, 0.3) is 0 Å². The number of amides is 4. The number of hydrogen-bond acceptors (Lipinski definition) is 6. The minimum absolute atomic E-state index is 0.0578. The van der Waals surface area contributed by atoms with Crippen molar-refractivity contribution < 1.29 is 33.0 Å². The summed E-state index contributed by atoms with van der Waals surface area (Å²) in [4.78, 5) is 46.6. The lowest BCUT2D eigenvalue weighted by atomic mass is 9.83. The highest BCUT2D eigenvalue weighted by Crippen LogP contribution is 2.36. The number of halogens is 2. The normalized spacial score (nSPS) is 25.2. The molecule has 1 aliphatic carbocycles. The lowest BCUT2D eigenvalue weighted by Crippen LogP contribution is -2.56. The number of urea groups is 2. The van der Waals surface area contributed by atoms with Crippen molar-refractivity contribution in [2.75, 3.05) is 26.8 Å². The Morgan fingerprint density at radius 2 is 1.90 bits per heavy atom. The molecule has 218 valence electrons. The van der Waals surface area contributed by atoms with Crippen molar-refractivity contribution in [3.63, 3.8) is 0 Å². The van der Waals surface area contributed by atoms with E-state index in [1.807, 2.05) is 18.3 Å². The molecule has 2 aromatic rings. The summed E-state index contributed by atoms with van der Waals surface area (Å²) in [6, 6.07) is 5.68. The van der Waals surface area contributed by atoms with Gasteiger partial charge in [-0.15, -0.1) is 0 Å². The number of aliphatic carboxylic acids is 1. The molecule has 1 saturated carbocycles. The standard InChI is InChI=1S/C29H33F2N5O5/c1-41-16-24-25(27(37)38)26(18-7-10-21(30)22(31)14-18)36(29(40)34-24)28(39)33-19-11-13-35(15-19)20-8-5-17(6-9-20)23-4-2-3-12-32-23/h2-4,7,10,12,14,17,19-20,26H,5-6,8-9,11,13,15-16H2,1H3,(H,33,39)(H,34,40)(H,37,38)/t17?,19-,20?,26+/m1/s1. The van der Waals surface area contributed by atoms with Gasteiger partial charge in [-0.05, 0) is 61.9 Å². The number of pyridine rings is 1. The van der Waals surface area contributed by atoms with Crippen LogP contribution in [0.1, 0.15) is 55.3 Å². The van der Waals surface area contributed by atoms with Crippen LogP contribution in [0.3, 0.4) is 0 Å². The maximum atomic E-state index is 14.2. The summed E-state index contributed by atoms with van der Waals surface area (Å²) in [5, 5.41) is 15.3. The van der Waals surface area contributed by atoms with E-state index >= 15 is 0 Å². The van der Waals surface area contributed by atoms with Crippen LogP contribution < -0.4 is 10.6 Å². The number of methoxy groups -OCH3 is 1. The fourth-order valence-electron chi connectivity index (χ4n) is 6.22. The first-order valence-corrected chi connectivity index (χ1v) is 13.7. The summed E-state index contributed by atoms with van der Waals surface area (Å²) in [5.74, 6) is -3.35. The number of carboxylic acid groups (broad SMARTS) is 1. The van der Waals surface area contributed by atoms with Crippen LogP contribution in [-0.2, 0) is 9.53 Å². The number of hydrogen-bond donors (Lipinski definition) is 3. The number of rotatable bonds is 7. The number of ether oxygens (including phenoxy) is 1. The lowest BCUT2D eigenvalue weighted by Gasteiger charge is -2.37. The second kappa shape index (κ2) is 12.3. The Bertz CT molecular complexity index is 1330. The number of carboxylic acids is 1. The van der Waals surface area contributed by atoms with Crippen LogP contribution in [0.2, 0.25) is 0 Å². The third kappa shape index (κ3) is 6.08. The molecule has 1 aromatic carbocycles. The Balaban J connectivity index is 1.29. The van der Waals surface area contributed by atoms with Gasteiger partial charge in [-0.1, -0.05) is 12.1 Å². The minimum atomic E-state index is -1.50. The van der Waals surface area contributed by atoms with Crippen LogP contribution in [0.5, 0.6) is 0 Å². The maximum Gasteiger partial charge on any atom is 0.335 e. The van der Waals surface area contributed by atoms with Gasteiger partial charge in [-0.25, -0.2) is 28.1 Å². The number of benzene rings is 1. The second-order valence-electron chi connectivity index (χ2n) is 10.7. The SMILES string of the molecule is COCC1=C(C(=O)O)[C@H](c2ccc(F)c(F)c2)N(C(=O)N[C@@H]2CCN(C3CCC(c4ccccn4)CC3)C2)C(=O)N1. The molecule has 5 rings (SSSR count). The van der Waals surface area contributed by atoms with Gasteiger partial charge in [0.15, 0.2) is 11.6 Å². The molecule has 1 aromatic heterocycles. The monoisotopic (exact) mass is 569 g/mol. The first kappa shape index (κ1) is 28.6. The van der Waals surface area contributed by atoms with E-state index < -0.39 is 35.7 Å². The van der Waals surface area contributed by atoms with Crippen molar-refractivity contribution in [2.24, 2.45) is 0 Å². The van der Waals surface area contributed by atoms with Crippen molar-refractivity contribution >= 4 is 18.0 Å². The Morgan fingerprint density at radius 3 is 2.56 bits per heavy atom. The van der Waals surface area contributed by atoms with Gasteiger partial charge in [0.1, 0.15) is 6.04 Å². The molecule has 0 spiro atoms. The zero-order valence-corrected chi connectivity index (χ0v) is 22.7. The van der Waals surface area contributed by atoms with Gasteiger partial charge in [-0.2, -0.15) is 0 Å². The maximum absolute atomic E-state index is 14.2. The molecule has 12 heteroatoms. The number of carbonyl (C=O) groups is 3. The largest absolute Gasteiger partial charge is 0.478 e. The highest BCUT2D eigenvalue weighted by molar-refractivity contribution is 6.01. The fourth-order valence-corrected chi connectivity index (χ4v) is 6.22. The van der Waals surface area contributed by atoms with E-state index in [4.69, 9.17) is 4.74 Å². The van der Waals surface area contributed by atoms with E-state index in [1.54, 1.807) is 0 Å². The predicted octanol–water partition coefficient (Wildman–Crippen LogP) is 3.92. The van der Waals surface area contributed by atoms with E-state index in [1.165, 1.54) is 7.11 Å². The van der Waals surface area contributed by atoms with Crippen LogP contribution >= 0.6 is 0 Å². The van der Waals surface area contributed by atoms with E-state index in [0.717, 1.165) is 61.0 Å². The van der Waals surface area contributed by atoms with Gasteiger partial charge < -0.3 is 20.5 Å². The van der Waals surface area contributed by atoms with Gasteiger partial charge in [-0.3, -0.25) is 9.88 Å². The summed E-state index contributed by atoms with van der Waals surface area (Å²) < 4.78 is 33.0. The molecule has 0 unspecified atom stereocenters. The molecule has 3 aliphatic rings. The Kier molecular flexibility index (Phi) is 8.60. The molecule has 3 N–H and O–H groups in total. The van der Waals surface area contributed by atoms with Crippen molar-refractivity contribution in [1.29, 1.82) is 0 Å². The smallest absolute Gasteiger partial charge is 0.335 e. The quantitative estimate of drug-likeness (QED) is 0.462. The van der Waals surface area contributed by atoms with Crippen molar-refractivity contribution in [1.82, 2.24) is 25.4 Å². The summed E-state index contributed by atoms with van der Waals surface area (Å²) >= 11 is 0. The number of carbonyl (C=O) groups excluding carboxylic acids is 2. The average Bonchev–Trinajstić information content (AvgIpc) is 3.43. The van der Waals surface area contributed by atoms with E-state index in [2.05, 4.69) is 26.6 Å². The zero-order valence-electron chi connectivity index (χ0n) is 22.7. The molecular weight excluding hydrogens is 536 g/mol. The topological polar surface area (TPSA) is 124 Å². The lowest BCUT2D eigenvalue weighted by molar-refractivity contribution is -0.133. The summed E-state index contributed by atoms with van der Waals surface area (Å²) in [6.07, 6.45) is 6.59. The number of likely N-dealkylation sites (tertiary alicyclic amines) is 1. The van der Waals surface area contributed by atoms with Crippen molar-refractivity contribution in [2.45, 2.75) is 56.1 Å². The molecule has 0 bridgehead atoms. The highest BCUT2D eigenvalue weighted by atomic mass is 19.2. The van der Waals surface area contributed by atoms with Crippen LogP contribution in [0.4, 0.5) is 18.4 Å². The summed E-state index contributed by atoms with van der Waals surface area (Å²) in [7, 11) is 1.32. The molecule has 2 aliphatic heterocycles. The highest BCUT2D eigenvalue weighted by Gasteiger charge is 2.44. The third-order valence-corrected chi connectivity index (χ3v) is 8.20. The van der Waals surface area contributed by atoms with E-state index in [9.17, 15) is 28.3 Å². The molecular formula is C29H33F2N5O5. The Labute approximate surface area is 236 Å². The molecule has 3 heterocycles. The van der Waals surface area contributed by atoms with Gasteiger partial charge in [0.25, 0.3) is 0 Å². The molecule has 1 saturated heterocycles. The molecule has 2 atom stereocenters. The summed E-state index contributed by atoms with van der Waals surface area (Å²) in [5.41, 5.74) is 0.622. The van der Waals surface area contributed by atoms with Crippen LogP contribution in [0.15, 0.2) is 53.9 Å². The zero-order chi connectivity index (χ0) is 29.1. The van der Waals surface area contributed by atoms with Gasteiger partial charge in [0.2, 0.25) is 0 Å². The molecule has 0 radical (unpaired) electrons. The van der Waals surface area contributed by atoms with Crippen molar-refractivity contribution in [3.05, 3.63) is 76.8 Å². The second-order valence-corrected chi connectivity index (χ2v) is 10.7. The molecule has 4 amide bonds. The average molecular weight is 570 g/mol. The Hall–Kier alpha value is -3.90. The number of aromatic nitrogens is 1. The van der Waals surface area contributed by atoms with E-state index in [-0.39, 0.29) is 29.5 Å². The fraction of sp³-hybridized carbons (Fsp3) is 0.448. The molecule has 2 fully saturated rings. The number of nitrogens with one attached hydrogen (secondary N) is 2. The minimum Gasteiger partial charge on any atom is -0.478 e. The first-order valence-electron chi connectivity index (χ1n) is 13.7. The van der Waals surface area contributed by atoms with Gasteiger partial charge >= 0.3 is 18.0 Å². The predicted molar refractivity (Wildman–Crippen MR) is 144 cm³/mol. The van der Waals surface area contributed by atoms with Gasteiger partial charge in [0.05, 0.1) is 17.9 Å². The van der Waals surface area contributed by atoms with Crippen LogP contribution in [0, 0.1) is 11.6 Å². The third-order valence-electron chi connectivity index (χ3n) is 8.20. The van der Waals surface area contributed by atoms with Crippen molar-refractivity contribution in [3.8, 4) is 0 Å².